The average molecular weight is 343 g/mol. The molecule has 130 valence electrons. The lowest BCUT2D eigenvalue weighted by molar-refractivity contribution is 0.282. The summed E-state index contributed by atoms with van der Waals surface area (Å²) in [6.07, 6.45) is 0. The molecule has 1 N–H and O–H groups in total. The number of hydrogen-bond acceptors (Lipinski definition) is 2. The lowest BCUT2D eigenvalue weighted by atomic mass is 9.94. The minimum atomic E-state index is -1.84. The largest absolute Gasteiger partial charge is 0.543 e. The van der Waals surface area contributed by atoms with E-state index in [1.807, 2.05) is 12.1 Å². The number of rotatable bonds is 4. The van der Waals surface area contributed by atoms with Crippen LogP contribution in [0.4, 0.5) is 0 Å². The maximum absolute atomic E-state index is 9.38. The Hall–Kier alpha value is -1.58. The molecule has 24 heavy (non-hydrogen) atoms. The molecule has 2 nitrogen and oxygen atoms in total. The Balaban J connectivity index is 2.42. The highest BCUT2D eigenvalue weighted by Crippen LogP contribution is 2.39. The summed E-state index contributed by atoms with van der Waals surface area (Å²) >= 11 is 0. The number of aryl methyl sites for hydroxylation is 2. The smallest absolute Gasteiger partial charge is 0.250 e. The summed E-state index contributed by atoms with van der Waals surface area (Å²) in [7, 11) is -1.84. The Morgan fingerprint density at radius 1 is 1.00 bits per heavy atom. The maximum atomic E-state index is 9.38. The summed E-state index contributed by atoms with van der Waals surface area (Å²) in [5.41, 5.74) is 5.73. The van der Waals surface area contributed by atoms with Gasteiger partial charge in [0, 0.05) is 0 Å². The minimum Gasteiger partial charge on any atom is -0.543 e. The van der Waals surface area contributed by atoms with Crippen molar-refractivity contribution >= 4 is 8.32 Å². The van der Waals surface area contributed by atoms with Gasteiger partial charge in [0.1, 0.15) is 5.75 Å². The number of benzene rings is 2. The molecule has 0 aliphatic carbocycles. The van der Waals surface area contributed by atoms with Crippen LogP contribution in [-0.2, 0) is 6.61 Å². The van der Waals surface area contributed by atoms with E-state index in [0.29, 0.717) is 0 Å². The molecule has 2 rings (SSSR count). The number of hydrogen-bond donors (Lipinski definition) is 1. The summed E-state index contributed by atoms with van der Waals surface area (Å²) in [5.74, 6) is 0.971. The lowest BCUT2D eigenvalue weighted by Gasteiger charge is -2.36. The van der Waals surface area contributed by atoms with Gasteiger partial charge in [-0.15, -0.1) is 0 Å². The summed E-state index contributed by atoms with van der Waals surface area (Å²) in [4.78, 5) is 0. The second-order valence-electron chi connectivity index (χ2n) is 8.15. The molecule has 2 aromatic rings. The van der Waals surface area contributed by atoms with Gasteiger partial charge < -0.3 is 9.53 Å². The van der Waals surface area contributed by atoms with Crippen LogP contribution in [0.15, 0.2) is 36.4 Å². The van der Waals surface area contributed by atoms with E-state index in [9.17, 15) is 5.11 Å². The van der Waals surface area contributed by atoms with Gasteiger partial charge >= 0.3 is 0 Å². The van der Waals surface area contributed by atoms with Crippen molar-refractivity contribution in [3.63, 3.8) is 0 Å². The highest BCUT2D eigenvalue weighted by molar-refractivity contribution is 6.74. The van der Waals surface area contributed by atoms with Gasteiger partial charge in [0.05, 0.1) is 6.61 Å². The molecular formula is C21H30O2Si. The van der Waals surface area contributed by atoms with Gasteiger partial charge in [0.15, 0.2) is 0 Å². The summed E-state index contributed by atoms with van der Waals surface area (Å²) < 4.78 is 6.46. The van der Waals surface area contributed by atoms with E-state index in [1.54, 1.807) is 0 Å². The molecule has 0 heterocycles. The molecule has 0 amide bonds. The predicted molar refractivity (Wildman–Crippen MR) is 105 cm³/mol. The molecule has 0 aliphatic heterocycles. The van der Waals surface area contributed by atoms with Crippen molar-refractivity contribution in [2.24, 2.45) is 0 Å². The third kappa shape index (κ3) is 3.90. The fourth-order valence-electron chi connectivity index (χ4n) is 2.71. The van der Waals surface area contributed by atoms with E-state index in [1.165, 1.54) is 16.7 Å². The number of aliphatic hydroxyl groups is 1. The summed E-state index contributed by atoms with van der Waals surface area (Å²) in [6, 6.07) is 12.4. The normalized spacial score (nSPS) is 12.3. The molecule has 3 heteroatoms. The molecule has 0 atom stereocenters. The van der Waals surface area contributed by atoms with E-state index in [0.717, 1.165) is 16.9 Å². The Morgan fingerprint density at radius 2 is 1.58 bits per heavy atom. The molecular weight excluding hydrogens is 312 g/mol. The van der Waals surface area contributed by atoms with Crippen LogP contribution in [-0.4, -0.2) is 13.4 Å². The van der Waals surface area contributed by atoms with E-state index < -0.39 is 8.32 Å². The van der Waals surface area contributed by atoms with Crippen molar-refractivity contribution < 1.29 is 9.53 Å². The first-order valence-corrected chi connectivity index (χ1v) is 11.5. The van der Waals surface area contributed by atoms with Gasteiger partial charge in [0.2, 0.25) is 8.32 Å². The Morgan fingerprint density at radius 3 is 2.08 bits per heavy atom. The monoisotopic (exact) mass is 342 g/mol. The second kappa shape index (κ2) is 6.73. The lowest BCUT2D eigenvalue weighted by Crippen LogP contribution is -2.43. The summed E-state index contributed by atoms with van der Waals surface area (Å²) in [5, 5.41) is 9.56. The molecule has 0 saturated carbocycles. The predicted octanol–water partition coefficient (Wildman–Crippen LogP) is 5.85. The minimum absolute atomic E-state index is 0.0680. The van der Waals surface area contributed by atoms with E-state index in [2.05, 4.69) is 72.0 Å². The average Bonchev–Trinajstić information content (AvgIpc) is 2.45. The van der Waals surface area contributed by atoms with Crippen LogP contribution in [0.3, 0.4) is 0 Å². The summed E-state index contributed by atoms with van der Waals surface area (Å²) in [6.45, 7) is 15.7. The highest BCUT2D eigenvalue weighted by atomic mass is 28.4. The molecule has 0 aromatic heterocycles. The van der Waals surface area contributed by atoms with Crippen LogP contribution in [0.2, 0.25) is 18.1 Å². The van der Waals surface area contributed by atoms with Crippen molar-refractivity contribution in [2.45, 2.75) is 59.4 Å². The van der Waals surface area contributed by atoms with Crippen LogP contribution in [0.1, 0.15) is 37.5 Å². The second-order valence-corrected chi connectivity index (χ2v) is 12.9. The fourth-order valence-corrected chi connectivity index (χ4v) is 3.72. The quantitative estimate of drug-likeness (QED) is 0.707. The van der Waals surface area contributed by atoms with E-state index >= 15 is 0 Å². The van der Waals surface area contributed by atoms with Crippen LogP contribution >= 0.6 is 0 Å². The third-order valence-corrected chi connectivity index (χ3v) is 9.44. The first kappa shape index (κ1) is 18.8. The Bertz CT molecular complexity index is 704. The van der Waals surface area contributed by atoms with Crippen LogP contribution in [0, 0.1) is 13.8 Å². The molecule has 0 saturated heterocycles. The van der Waals surface area contributed by atoms with Gasteiger partial charge in [-0.05, 0) is 78.0 Å². The highest BCUT2D eigenvalue weighted by Gasteiger charge is 2.39. The molecule has 2 aromatic carbocycles. The SMILES string of the molecule is Cc1cc(O[Si](C)(C)C(C)(C)C)cc(C)c1-c1cccc(CO)c1. The van der Waals surface area contributed by atoms with Gasteiger partial charge in [-0.25, -0.2) is 0 Å². The van der Waals surface area contributed by atoms with Crippen molar-refractivity contribution in [1.82, 2.24) is 0 Å². The van der Waals surface area contributed by atoms with Crippen LogP contribution in [0.25, 0.3) is 11.1 Å². The Kier molecular flexibility index (Phi) is 5.26. The zero-order chi connectivity index (χ0) is 18.1. The van der Waals surface area contributed by atoms with E-state index in [-0.39, 0.29) is 11.6 Å². The van der Waals surface area contributed by atoms with Crippen molar-refractivity contribution in [1.29, 1.82) is 0 Å². The molecule has 0 fully saturated rings. The fraction of sp³-hybridized carbons (Fsp3) is 0.429. The zero-order valence-electron chi connectivity index (χ0n) is 16.0. The maximum Gasteiger partial charge on any atom is 0.250 e. The van der Waals surface area contributed by atoms with Crippen molar-refractivity contribution in [3.8, 4) is 16.9 Å². The number of aliphatic hydroxyl groups excluding tert-OH is 1. The van der Waals surface area contributed by atoms with Crippen molar-refractivity contribution in [2.75, 3.05) is 0 Å². The molecule has 0 unspecified atom stereocenters. The first-order chi connectivity index (χ1) is 11.0. The van der Waals surface area contributed by atoms with Crippen LogP contribution in [0.5, 0.6) is 5.75 Å². The van der Waals surface area contributed by atoms with E-state index in [4.69, 9.17) is 4.43 Å². The molecule has 0 radical (unpaired) electrons. The third-order valence-electron chi connectivity index (χ3n) is 5.08. The van der Waals surface area contributed by atoms with Crippen LogP contribution < -0.4 is 4.43 Å². The standard InChI is InChI=1S/C21H30O2Si/c1-15-11-19(23-24(6,7)21(3,4)5)12-16(2)20(15)18-10-8-9-17(13-18)14-22/h8-13,22H,14H2,1-7H3. The zero-order valence-corrected chi connectivity index (χ0v) is 17.0. The topological polar surface area (TPSA) is 29.5 Å². The molecule has 0 spiro atoms. The van der Waals surface area contributed by atoms with Crippen molar-refractivity contribution in [3.05, 3.63) is 53.1 Å². The first-order valence-electron chi connectivity index (χ1n) is 8.55. The molecule has 0 bridgehead atoms. The van der Waals surface area contributed by atoms with Gasteiger partial charge in [-0.1, -0.05) is 39.0 Å². The Labute approximate surface area is 147 Å². The van der Waals surface area contributed by atoms with Gasteiger partial charge in [-0.2, -0.15) is 0 Å². The van der Waals surface area contributed by atoms with Gasteiger partial charge in [0.25, 0.3) is 0 Å². The molecule has 0 aliphatic rings. The van der Waals surface area contributed by atoms with Gasteiger partial charge in [-0.3, -0.25) is 0 Å².